The van der Waals surface area contributed by atoms with Crippen LogP contribution in [0, 0.1) is 0 Å². The molecule has 0 unspecified atom stereocenters. The van der Waals surface area contributed by atoms with Crippen molar-refractivity contribution in [3.63, 3.8) is 0 Å². The molecule has 1 atom stereocenters. The Labute approximate surface area is 153 Å². The van der Waals surface area contributed by atoms with Crippen LogP contribution in [-0.4, -0.2) is 76.6 Å². The van der Waals surface area contributed by atoms with Gasteiger partial charge in [-0.25, -0.2) is 8.42 Å². The molecule has 144 valence electrons. The van der Waals surface area contributed by atoms with Crippen molar-refractivity contribution in [3.05, 3.63) is 18.2 Å². The average Bonchev–Trinajstić information content (AvgIpc) is 3.21. The lowest BCUT2D eigenvalue weighted by Gasteiger charge is -2.35. The van der Waals surface area contributed by atoms with E-state index in [1.807, 2.05) is 0 Å². The Kier molecular flexibility index (Phi) is 5.69. The van der Waals surface area contributed by atoms with Crippen molar-refractivity contribution in [3.8, 4) is 11.5 Å². The summed E-state index contributed by atoms with van der Waals surface area (Å²) >= 11 is 0. The Morgan fingerprint density at radius 2 is 1.81 bits per heavy atom. The highest BCUT2D eigenvalue weighted by Crippen LogP contribution is 2.31. The predicted molar refractivity (Wildman–Crippen MR) is 93.9 cm³/mol. The number of hydrogen-bond donors (Lipinski definition) is 0. The molecule has 0 saturated carbocycles. The van der Waals surface area contributed by atoms with Crippen LogP contribution in [0.1, 0.15) is 12.8 Å². The third-order valence-electron chi connectivity index (χ3n) is 4.75. The molecule has 26 heavy (non-hydrogen) atoms. The van der Waals surface area contributed by atoms with Crippen molar-refractivity contribution in [2.24, 2.45) is 0 Å². The minimum atomic E-state index is -3.66. The molecule has 9 heteroatoms. The molecule has 2 heterocycles. The fourth-order valence-electron chi connectivity index (χ4n) is 3.25. The fourth-order valence-corrected chi connectivity index (χ4v) is 4.69. The third-order valence-corrected chi connectivity index (χ3v) is 6.64. The van der Waals surface area contributed by atoms with Gasteiger partial charge in [-0.15, -0.1) is 0 Å². The first-order valence-corrected chi connectivity index (χ1v) is 10.0. The molecule has 2 aliphatic heterocycles. The van der Waals surface area contributed by atoms with E-state index in [0.717, 1.165) is 12.8 Å². The number of hydrogen-bond acceptors (Lipinski definition) is 6. The molecule has 2 aliphatic rings. The van der Waals surface area contributed by atoms with Crippen molar-refractivity contribution >= 4 is 15.9 Å². The second kappa shape index (κ2) is 7.81. The quantitative estimate of drug-likeness (QED) is 0.744. The minimum absolute atomic E-state index is 0.0364. The largest absolute Gasteiger partial charge is 0.493 e. The number of ether oxygens (including phenoxy) is 3. The van der Waals surface area contributed by atoms with E-state index in [1.165, 1.54) is 30.7 Å². The zero-order valence-electron chi connectivity index (χ0n) is 15.0. The number of carbonyl (C=O) groups excluding carboxylic acids is 1. The van der Waals surface area contributed by atoms with Gasteiger partial charge < -0.3 is 19.1 Å². The maximum Gasteiger partial charge on any atom is 0.251 e. The lowest BCUT2D eigenvalue weighted by atomic mass is 10.2. The van der Waals surface area contributed by atoms with Crippen molar-refractivity contribution < 1.29 is 27.4 Å². The second-order valence-corrected chi connectivity index (χ2v) is 8.19. The molecule has 3 rings (SSSR count). The van der Waals surface area contributed by atoms with Crippen LogP contribution >= 0.6 is 0 Å². The van der Waals surface area contributed by atoms with Gasteiger partial charge >= 0.3 is 0 Å². The van der Waals surface area contributed by atoms with E-state index in [0.29, 0.717) is 31.2 Å². The van der Waals surface area contributed by atoms with Crippen LogP contribution in [0.4, 0.5) is 0 Å². The van der Waals surface area contributed by atoms with E-state index in [1.54, 1.807) is 11.0 Å². The van der Waals surface area contributed by atoms with Gasteiger partial charge in [-0.3, -0.25) is 4.79 Å². The highest BCUT2D eigenvalue weighted by atomic mass is 32.2. The maximum atomic E-state index is 12.9. The number of benzene rings is 1. The van der Waals surface area contributed by atoms with Gasteiger partial charge in [0.1, 0.15) is 6.10 Å². The Morgan fingerprint density at radius 1 is 1.12 bits per heavy atom. The van der Waals surface area contributed by atoms with Gasteiger partial charge in [0.2, 0.25) is 10.0 Å². The first-order valence-electron chi connectivity index (χ1n) is 8.60. The van der Waals surface area contributed by atoms with Crippen molar-refractivity contribution in [1.29, 1.82) is 0 Å². The summed E-state index contributed by atoms with van der Waals surface area (Å²) in [5.41, 5.74) is 0. The van der Waals surface area contributed by atoms with Crippen LogP contribution in [0.2, 0.25) is 0 Å². The lowest BCUT2D eigenvalue weighted by Crippen LogP contribution is -2.52. The minimum Gasteiger partial charge on any atom is -0.493 e. The van der Waals surface area contributed by atoms with Gasteiger partial charge in [0.05, 0.1) is 19.1 Å². The molecule has 0 radical (unpaired) electrons. The first-order chi connectivity index (χ1) is 12.5. The molecule has 0 aromatic heterocycles. The Morgan fingerprint density at radius 3 is 2.38 bits per heavy atom. The van der Waals surface area contributed by atoms with Crippen LogP contribution in [-0.2, 0) is 19.6 Å². The zero-order valence-corrected chi connectivity index (χ0v) is 15.8. The second-order valence-electron chi connectivity index (χ2n) is 6.25. The van der Waals surface area contributed by atoms with Gasteiger partial charge in [0.25, 0.3) is 5.91 Å². The van der Waals surface area contributed by atoms with Crippen LogP contribution in [0.15, 0.2) is 23.1 Å². The maximum absolute atomic E-state index is 12.9. The number of carbonyl (C=O) groups is 1. The van der Waals surface area contributed by atoms with E-state index in [9.17, 15) is 13.2 Å². The summed E-state index contributed by atoms with van der Waals surface area (Å²) in [4.78, 5) is 14.2. The summed E-state index contributed by atoms with van der Waals surface area (Å²) in [5, 5.41) is 0. The standard InChI is InChI=1S/C17H24N2O6S/c1-23-14-6-5-13(12-16(14)24-2)26(21,22)19-9-7-18(8-10-19)17(20)15-4-3-11-25-15/h5-6,12,15H,3-4,7-11H2,1-2H3/t15-/m1/s1. The van der Waals surface area contributed by atoms with Gasteiger partial charge in [0.15, 0.2) is 11.5 Å². The van der Waals surface area contributed by atoms with Gasteiger partial charge in [0, 0.05) is 38.9 Å². The van der Waals surface area contributed by atoms with Crippen LogP contribution < -0.4 is 9.47 Å². The summed E-state index contributed by atoms with van der Waals surface area (Å²) < 4.78 is 42.9. The fraction of sp³-hybridized carbons (Fsp3) is 0.588. The van der Waals surface area contributed by atoms with Gasteiger partial charge in [-0.05, 0) is 25.0 Å². The number of nitrogens with zero attached hydrogens (tertiary/aromatic N) is 2. The lowest BCUT2D eigenvalue weighted by molar-refractivity contribution is -0.142. The monoisotopic (exact) mass is 384 g/mol. The number of amides is 1. The van der Waals surface area contributed by atoms with Crippen LogP contribution in [0.3, 0.4) is 0 Å². The molecule has 8 nitrogen and oxygen atoms in total. The number of methoxy groups -OCH3 is 2. The van der Waals surface area contributed by atoms with Crippen LogP contribution in [0.25, 0.3) is 0 Å². The molecule has 1 aromatic rings. The molecule has 0 spiro atoms. The molecule has 0 aliphatic carbocycles. The molecule has 2 saturated heterocycles. The molecule has 1 aromatic carbocycles. The average molecular weight is 384 g/mol. The first kappa shape index (κ1) is 18.9. The Balaban J connectivity index is 1.69. The Bertz CT molecular complexity index is 753. The molecule has 0 N–H and O–H groups in total. The third kappa shape index (κ3) is 3.65. The normalized spacial score (nSPS) is 21.6. The summed E-state index contributed by atoms with van der Waals surface area (Å²) in [7, 11) is -0.701. The zero-order chi connectivity index (χ0) is 18.7. The topological polar surface area (TPSA) is 85.4 Å². The number of piperazine rings is 1. The Hall–Kier alpha value is -1.84. The van der Waals surface area contributed by atoms with E-state index in [2.05, 4.69) is 0 Å². The summed E-state index contributed by atoms with van der Waals surface area (Å²) in [5.74, 6) is 0.796. The highest BCUT2D eigenvalue weighted by Gasteiger charge is 2.34. The van der Waals surface area contributed by atoms with E-state index in [-0.39, 0.29) is 30.0 Å². The predicted octanol–water partition coefficient (Wildman–Crippen LogP) is 0.716. The number of rotatable bonds is 5. The molecule has 1 amide bonds. The molecule has 0 bridgehead atoms. The molecule has 2 fully saturated rings. The van der Waals surface area contributed by atoms with E-state index >= 15 is 0 Å². The van der Waals surface area contributed by atoms with Gasteiger partial charge in [-0.2, -0.15) is 4.31 Å². The van der Waals surface area contributed by atoms with Crippen molar-refractivity contribution in [2.45, 2.75) is 23.8 Å². The summed E-state index contributed by atoms with van der Waals surface area (Å²) in [6.07, 6.45) is 1.26. The van der Waals surface area contributed by atoms with E-state index < -0.39 is 10.0 Å². The van der Waals surface area contributed by atoms with Crippen LogP contribution in [0.5, 0.6) is 11.5 Å². The van der Waals surface area contributed by atoms with Crippen molar-refractivity contribution in [1.82, 2.24) is 9.21 Å². The van der Waals surface area contributed by atoms with E-state index in [4.69, 9.17) is 14.2 Å². The smallest absolute Gasteiger partial charge is 0.251 e. The van der Waals surface area contributed by atoms with Crippen molar-refractivity contribution in [2.75, 3.05) is 47.0 Å². The number of sulfonamides is 1. The highest BCUT2D eigenvalue weighted by molar-refractivity contribution is 7.89. The SMILES string of the molecule is COc1ccc(S(=O)(=O)N2CCN(C(=O)[C@H]3CCCO3)CC2)cc1OC. The summed E-state index contributed by atoms with van der Waals surface area (Å²) in [6.45, 7) is 1.87. The van der Waals surface area contributed by atoms with Gasteiger partial charge in [-0.1, -0.05) is 0 Å². The molecular weight excluding hydrogens is 360 g/mol. The summed E-state index contributed by atoms with van der Waals surface area (Å²) in [6, 6.07) is 4.53. The molecular formula is C17H24N2O6S.